The Morgan fingerprint density at radius 1 is 1.53 bits per heavy atom. The predicted octanol–water partition coefficient (Wildman–Crippen LogP) is 1.58. The average molecular weight is 238 g/mol. The maximum absolute atomic E-state index is 9.47. The SMILES string of the molecule is C=CCc1cnc(CC=C)[nH]1.COCC(=O)O. The molecule has 0 aliphatic heterocycles. The molecule has 0 atom stereocenters. The van der Waals surface area contributed by atoms with Crippen LogP contribution in [0.2, 0.25) is 0 Å². The highest BCUT2D eigenvalue weighted by Gasteiger charge is 1.95. The molecule has 94 valence electrons. The summed E-state index contributed by atoms with van der Waals surface area (Å²) >= 11 is 0. The fourth-order valence-electron chi connectivity index (χ4n) is 1.03. The van der Waals surface area contributed by atoms with Crippen LogP contribution in [-0.4, -0.2) is 34.8 Å². The smallest absolute Gasteiger partial charge is 0.329 e. The van der Waals surface area contributed by atoms with Gasteiger partial charge in [0.2, 0.25) is 0 Å². The summed E-state index contributed by atoms with van der Waals surface area (Å²) in [6, 6.07) is 0. The van der Waals surface area contributed by atoms with Gasteiger partial charge in [0.1, 0.15) is 12.4 Å². The Kier molecular flexibility index (Phi) is 8.32. The normalized spacial score (nSPS) is 9.00. The zero-order valence-corrected chi connectivity index (χ0v) is 9.98. The molecule has 1 aromatic heterocycles. The number of carboxylic acids is 1. The average Bonchev–Trinajstić information content (AvgIpc) is 2.67. The van der Waals surface area contributed by atoms with Gasteiger partial charge in [0.05, 0.1) is 0 Å². The van der Waals surface area contributed by atoms with Crippen molar-refractivity contribution >= 4 is 5.97 Å². The number of hydrogen-bond acceptors (Lipinski definition) is 3. The van der Waals surface area contributed by atoms with Crippen LogP contribution in [0.3, 0.4) is 0 Å². The number of aromatic amines is 1. The summed E-state index contributed by atoms with van der Waals surface area (Å²) in [6.45, 7) is 7.07. The molecule has 0 radical (unpaired) electrons. The molecule has 5 heteroatoms. The molecule has 0 aliphatic carbocycles. The van der Waals surface area contributed by atoms with Gasteiger partial charge in [0.15, 0.2) is 0 Å². The van der Waals surface area contributed by atoms with Crippen LogP contribution in [0.4, 0.5) is 0 Å². The Balaban J connectivity index is 0.000000366. The van der Waals surface area contributed by atoms with E-state index < -0.39 is 5.97 Å². The van der Waals surface area contributed by atoms with Gasteiger partial charge < -0.3 is 14.8 Å². The molecule has 0 aliphatic rings. The molecule has 5 nitrogen and oxygen atoms in total. The van der Waals surface area contributed by atoms with Gasteiger partial charge in [-0.05, 0) is 0 Å². The lowest BCUT2D eigenvalue weighted by molar-refractivity contribution is -0.141. The quantitative estimate of drug-likeness (QED) is 0.738. The summed E-state index contributed by atoms with van der Waals surface area (Å²) < 4.78 is 4.20. The minimum Gasteiger partial charge on any atom is -0.480 e. The predicted molar refractivity (Wildman–Crippen MR) is 65.9 cm³/mol. The number of ether oxygens (including phenoxy) is 1. The third kappa shape index (κ3) is 7.98. The standard InChI is InChI=1S/C9H12N2.C3H6O3/c1-3-5-8-7-10-9(11-8)6-4-2;1-6-2-3(4)5/h3-4,7H,1-2,5-6H2,(H,10,11);2H2,1H3,(H,4,5). The number of nitrogens with one attached hydrogen (secondary N) is 1. The number of carbonyl (C=O) groups is 1. The fraction of sp³-hybridized carbons (Fsp3) is 0.333. The van der Waals surface area contributed by atoms with Gasteiger partial charge in [-0.3, -0.25) is 0 Å². The van der Waals surface area contributed by atoms with Gasteiger partial charge in [0.25, 0.3) is 0 Å². The van der Waals surface area contributed by atoms with Crippen molar-refractivity contribution < 1.29 is 14.6 Å². The first-order valence-corrected chi connectivity index (χ1v) is 5.09. The van der Waals surface area contributed by atoms with Crippen LogP contribution >= 0.6 is 0 Å². The zero-order chi connectivity index (χ0) is 13.1. The van der Waals surface area contributed by atoms with Gasteiger partial charge in [-0.15, -0.1) is 13.2 Å². The second-order valence-electron chi connectivity index (χ2n) is 3.17. The molecule has 0 bridgehead atoms. The number of carboxylic acid groups (broad SMARTS) is 1. The van der Waals surface area contributed by atoms with Crippen LogP contribution in [0.1, 0.15) is 11.5 Å². The molecule has 1 rings (SSSR count). The summed E-state index contributed by atoms with van der Waals surface area (Å²) in [7, 11) is 1.34. The highest BCUT2D eigenvalue weighted by molar-refractivity contribution is 5.67. The summed E-state index contributed by atoms with van der Waals surface area (Å²) in [5, 5.41) is 7.79. The number of imidazole rings is 1. The fourth-order valence-corrected chi connectivity index (χ4v) is 1.03. The van der Waals surface area contributed by atoms with E-state index in [9.17, 15) is 4.79 Å². The Hall–Kier alpha value is -1.88. The van der Waals surface area contributed by atoms with Gasteiger partial charge in [-0.2, -0.15) is 0 Å². The van der Waals surface area contributed by atoms with Crippen LogP contribution in [0.5, 0.6) is 0 Å². The number of methoxy groups -OCH3 is 1. The first-order valence-electron chi connectivity index (χ1n) is 5.09. The second-order valence-corrected chi connectivity index (χ2v) is 3.17. The molecule has 1 heterocycles. The molecule has 0 unspecified atom stereocenters. The molecule has 0 spiro atoms. The van der Waals surface area contributed by atoms with E-state index in [-0.39, 0.29) is 6.61 Å². The molecule has 1 aromatic rings. The van der Waals surface area contributed by atoms with Gasteiger partial charge in [-0.1, -0.05) is 12.2 Å². The van der Waals surface area contributed by atoms with E-state index in [0.29, 0.717) is 0 Å². The van der Waals surface area contributed by atoms with Crippen LogP contribution in [0, 0.1) is 0 Å². The molecule has 0 fully saturated rings. The van der Waals surface area contributed by atoms with Crippen LogP contribution < -0.4 is 0 Å². The molecule has 2 N–H and O–H groups in total. The monoisotopic (exact) mass is 238 g/mol. The first kappa shape index (κ1) is 15.1. The molecule has 17 heavy (non-hydrogen) atoms. The number of allylic oxidation sites excluding steroid dienone is 2. The summed E-state index contributed by atoms with van der Waals surface area (Å²) in [5.41, 5.74) is 1.11. The Labute approximate surface area is 101 Å². The largest absolute Gasteiger partial charge is 0.480 e. The van der Waals surface area contributed by atoms with Crippen molar-refractivity contribution in [2.24, 2.45) is 0 Å². The van der Waals surface area contributed by atoms with Gasteiger partial charge >= 0.3 is 5.97 Å². The molecule has 0 saturated heterocycles. The van der Waals surface area contributed by atoms with Gasteiger partial charge in [0, 0.05) is 31.8 Å². The van der Waals surface area contributed by atoms with E-state index >= 15 is 0 Å². The van der Waals surface area contributed by atoms with Crippen molar-refractivity contribution in [1.82, 2.24) is 9.97 Å². The van der Waals surface area contributed by atoms with E-state index in [0.717, 1.165) is 24.4 Å². The summed E-state index contributed by atoms with van der Waals surface area (Å²) in [4.78, 5) is 16.8. The minimum absolute atomic E-state index is 0.208. The molecule has 0 saturated carbocycles. The van der Waals surface area contributed by atoms with Crippen LogP contribution in [0.15, 0.2) is 31.5 Å². The number of H-pyrrole nitrogens is 1. The Bertz CT molecular complexity index is 334. The zero-order valence-electron chi connectivity index (χ0n) is 9.98. The van der Waals surface area contributed by atoms with E-state index in [1.165, 1.54) is 7.11 Å². The first-order chi connectivity index (χ1) is 8.13. The van der Waals surface area contributed by atoms with Crippen molar-refractivity contribution in [3.8, 4) is 0 Å². The number of rotatable bonds is 6. The van der Waals surface area contributed by atoms with Crippen molar-refractivity contribution in [1.29, 1.82) is 0 Å². The van der Waals surface area contributed by atoms with Crippen molar-refractivity contribution in [3.63, 3.8) is 0 Å². The third-order valence-corrected chi connectivity index (χ3v) is 1.65. The molecule has 0 aromatic carbocycles. The van der Waals surface area contributed by atoms with E-state index in [1.807, 2.05) is 18.3 Å². The third-order valence-electron chi connectivity index (χ3n) is 1.65. The maximum atomic E-state index is 9.47. The van der Waals surface area contributed by atoms with Crippen LogP contribution in [-0.2, 0) is 22.4 Å². The number of nitrogens with zero attached hydrogens (tertiary/aromatic N) is 1. The van der Waals surface area contributed by atoms with Crippen molar-refractivity contribution in [2.45, 2.75) is 12.8 Å². The van der Waals surface area contributed by atoms with E-state index in [4.69, 9.17) is 5.11 Å². The Morgan fingerprint density at radius 3 is 2.59 bits per heavy atom. The van der Waals surface area contributed by atoms with Crippen molar-refractivity contribution in [3.05, 3.63) is 43.0 Å². The molecular weight excluding hydrogens is 220 g/mol. The van der Waals surface area contributed by atoms with E-state index in [2.05, 4.69) is 27.9 Å². The molecule has 0 amide bonds. The number of aliphatic carboxylic acids is 1. The second kappa shape index (κ2) is 9.35. The van der Waals surface area contributed by atoms with Crippen molar-refractivity contribution in [2.75, 3.05) is 13.7 Å². The lowest BCUT2D eigenvalue weighted by atomic mass is 10.3. The van der Waals surface area contributed by atoms with E-state index in [1.54, 1.807) is 0 Å². The number of hydrogen-bond donors (Lipinski definition) is 2. The highest BCUT2D eigenvalue weighted by atomic mass is 16.5. The lowest BCUT2D eigenvalue weighted by Gasteiger charge is -1.87. The Morgan fingerprint density at radius 2 is 2.18 bits per heavy atom. The topological polar surface area (TPSA) is 75.2 Å². The highest BCUT2D eigenvalue weighted by Crippen LogP contribution is 1.99. The number of aromatic nitrogens is 2. The maximum Gasteiger partial charge on any atom is 0.329 e. The summed E-state index contributed by atoms with van der Waals surface area (Å²) in [6.07, 6.45) is 7.17. The molecular formula is C12H18N2O3. The van der Waals surface area contributed by atoms with Gasteiger partial charge in [-0.25, -0.2) is 9.78 Å². The van der Waals surface area contributed by atoms with Crippen LogP contribution in [0.25, 0.3) is 0 Å². The minimum atomic E-state index is -0.933. The lowest BCUT2D eigenvalue weighted by Crippen LogP contribution is -2.02. The summed E-state index contributed by atoms with van der Waals surface area (Å²) in [5.74, 6) is 0.0364.